The third-order valence-corrected chi connectivity index (χ3v) is 8.58. The second kappa shape index (κ2) is 8.68. The van der Waals surface area contributed by atoms with Crippen molar-refractivity contribution < 1.29 is 20.1 Å². The van der Waals surface area contributed by atoms with Gasteiger partial charge >= 0.3 is 5.97 Å². The highest BCUT2D eigenvalue weighted by Gasteiger charge is 2.63. The lowest BCUT2D eigenvalue weighted by Gasteiger charge is -2.51. The number of carboxylic acids is 1. The van der Waals surface area contributed by atoms with E-state index in [4.69, 9.17) is 0 Å². The maximum atomic E-state index is 12.7. The van der Waals surface area contributed by atoms with E-state index in [1.165, 1.54) is 0 Å². The molecule has 5 heteroatoms. The van der Waals surface area contributed by atoms with Gasteiger partial charge in [0, 0.05) is 18.0 Å². The first-order chi connectivity index (χ1) is 14.0. The van der Waals surface area contributed by atoms with Crippen molar-refractivity contribution in [1.82, 2.24) is 4.90 Å². The SMILES string of the molecule is CCCC[C@@H](O)/C=C/[C@@H]1[C@H]2CC3CCCC(C(=O)O)(C4CCCC4)N3[C@@H]2C[C@H]1O. The first-order valence-corrected chi connectivity index (χ1v) is 12.0. The Hall–Kier alpha value is -0.910. The van der Waals surface area contributed by atoms with E-state index in [9.17, 15) is 20.1 Å². The number of aliphatic carboxylic acids is 1. The van der Waals surface area contributed by atoms with Crippen LogP contribution in [0.25, 0.3) is 0 Å². The van der Waals surface area contributed by atoms with Crippen molar-refractivity contribution in [1.29, 1.82) is 0 Å². The first kappa shape index (κ1) is 21.3. The smallest absolute Gasteiger partial charge is 0.324 e. The molecule has 4 rings (SSSR count). The van der Waals surface area contributed by atoms with E-state index in [1.807, 2.05) is 12.2 Å². The number of fused-ring (bicyclic) bond motifs is 3. The van der Waals surface area contributed by atoms with Gasteiger partial charge in [-0.15, -0.1) is 0 Å². The molecular formula is C24H39NO4. The van der Waals surface area contributed by atoms with Crippen LogP contribution in [0, 0.1) is 17.8 Å². The molecule has 2 unspecified atom stereocenters. The molecule has 0 aromatic heterocycles. The molecule has 0 aromatic carbocycles. The number of carbonyl (C=O) groups is 1. The molecule has 0 radical (unpaired) electrons. The zero-order chi connectivity index (χ0) is 20.6. The molecule has 3 N–H and O–H groups in total. The Morgan fingerprint density at radius 2 is 1.97 bits per heavy atom. The topological polar surface area (TPSA) is 81.0 Å². The number of hydrogen-bond donors (Lipinski definition) is 3. The normalized spacial score (nSPS) is 41.7. The molecule has 29 heavy (non-hydrogen) atoms. The number of aliphatic hydroxyl groups excluding tert-OH is 2. The Kier molecular flexibility index (Phi) is 6.38. The fraction of sp³-hybridized carbons (Fsp3) is 0.875. The van der Waals surface area contributed by atoms with Crippen molar-refractivity contribution in [3.05, 3.63) is 12.2 Å². The van der Waals surface area contributed by atoms with Crippen LogP contribution in [0.2, 0.25) is 0 Å². The molecule has 4 aliphatic rings. The summed E-state index contributed by atoms with van der Waals surface area (Å²) >= 11 is 0. The fourth-order valence-corrected chi connectivity index (χ4v) is 7.32. The van der Waals surface area contributed by atoms with E-state index in [2.05, 4.69) is 11.8 Å². The van der Waals surface area contributed by atoms with E-state index >= 15 is 0 Å². The number of carboxylic acid groups (broad SMARTS) is 1. The van der Waals surface area contributed by atoms with Gasteiger partial charge in [0.1, 0.15) is 5.54 Å². The van der Waals surface area contributed by atoms with Crippen molar-refractivity contribution in [3.8, 4) is 0 Å². The summed E-state index contributed by atoms with van der Waals surface area (Å²) in [5, 5.41) is 31.5. The lowest BCUT2D eigenvalue weighted by molar-refractivity contribution is -0.164. The van der Waals surface area contributed by atoms with Gasteiger partial charge < -0.3 is 15.3 Å². The number of piperidine rings is 1. The van der Waals surface area contributed by atoms with Crippen molar-refractivity contribution in [2.24, 2.45) is 17.8 Å². The Labute approximate surface area is 175 Å². The van der Waals surface area contributed by atoms with Crippen LogP contribution < -0.4 is 0 Å². The van der Waals surface area contributed by atoms with Gasteiger partial charge in [-0.25, -0.2) is 0 Å². The summed E-state index contributed by atoms with van der Waals surface area (Å²) in [7, 11) is 0. The Morgan fingerprint density at radius 3 is 2.66 bits per heavy atom. The van der Waals surface area contributed by atoms with Crippen LogP contribution in [-0.2, 0) is 4.79 Å². The quantitative estimate of drug-likeness (QED) is 0.562. The molecule has 0 bridgehead atoms. The predicted octanol–water partition coefficient (Wildman–Crippen LogP) is 3.73. The Balaban J connectivity index is 1.57. The van der Waals surface area contributed by atoms with Crippen molar-refractivity contribution in [3.63, 3.8) is 0 Å². The average Bonchev–Trinajstić information content (AvgIpc) is 3.40. The van der Waals surface area contributed by atoms with E-state index in [-0.39, 0.29) is 17.9 Å². The molecule has 4 fully saturated rings. The zero-order valence-electron chi connectivity index (χ0n) is 17.9. The van der Waals surface area contributed by atoms with Gasteiger partial charge in [-0.05, 0) is 63.2 Å². The molecule has 0 spiro atoms. The number of rotatable bonds is 7. The summed E-state index contributed by atoms with van der Waals surface area (Å²) in [4.78, 5) is 15.1. The highest BCUT2D eigenvalue weighted by atomic mass is 16.4. The summed E-state index contributed by atoms with van der Waals surface area (Å²) in [6.07, 6.45) is 14.8. The van der Waals surface area contributed by atoms with Gasteiger partial charge in [-0.1, -0.05) is 44.8 Å². The lowest BCUT2D eigenvalue weighted by Crippen LogP contribution is -2.65. The summed E-state index contributed by atoms with van der Waals surface area (Å²) in [6.45, 7) is 2.12. The largest absolute Gasteiger partial charge is 0.480 e. The minimum atomic E-state index is -0.724. The number of hydrogen-bond acceptors (Lipinski definition) is 4. The molecule has 7 atom stereocenters. The van der Waals surface area contributed by atoms with Crippen LogP contribution >= 0.6 is 0 Å². The van der Waals surface area contributed by atoms with Crippen molar-refractivity contribution in [2.45, 2.75) is 114 Å². The van der Waals surface area contributed by atoms with Gasteiger partial charge in [0.25, 0.3) is 0 Å². The number of aliphatic hydroxyl groups is 2. The monoisotopic (exact) mass is 405 g/mol. The molecule has 2 aliphatic heterocycles. The molecule has 2 aliphatic carbocycles. The molecular weight excluding hydrogens is 366 g/mol. The van der Waals surface area contributed by atoms with Crippen molar-refractivity contribution >= 4 is 5.97 Å². The third-order valence-electron chi connectivity index (χ3n) is 8.58. The van der Waals surface area contributed by atoms with E-state index in [0.29, 0.717) is 18.4 Å². The second-order valence-corrected chi connectivity index (χ2v) is 10.1. The molecule has 2 heterocycles. The first-order valence-electron chi connectivity index (χ1n) is 12.0. The fourth-order valence-electron chi connectivity index (χ4n) is 7.32. The van der Waals surface area contributed by atoms with E-state index < -0.39 is 23.7 Å². The molecule has 2 saturated heterocycles. The van der Waals surface area contributed by atoms with Gasteiger partial charge in [0.05, 0.1) is 12.2 Å². The molecule has 164 valence electrons. The summed E-state index contributed by atoms with van der Waals surface area (Å²) < 4.78 is 0. The summed E-state index contributed by atoms with van der Waals surface area (Å²) in [5.41, 5.74) is -0.724. The number of nitrogens with zero attached hydrogens (tertiary/aromatic N) is 1. The molecule has 5 nitrogen and oxygen atoms in total. The van der Waals surface area contributed by atoms with Gasteiger partial charge in [-0.3, -0.25) is 9.69 Å². The highest BCUT2D eigenvalue weighted by molar-refractivity contribution is 5.80. The highest BCUT2D eigenvalue weighted by Crippen LogP contribution is 2.55. The number of unbranched alkanes of at least 4 members (excludes halogenated alkanes) is 1. The van der Waals surface area contributed by atoms with Gasteiger partial charge in [-0.2, -0.15) is 0 Å². The minimum Gasteiger partial charge on any atom is -0.480 e. The maximum absolute atomic E-state index is 12.7. The zero-order valence-corrected chi connectivity index (χ0v) is 17.9. The van der Waals surface area contributed by atoms with E-state index in [0.717, 1.165) is 70.6 Å². The second-order valence-electron chi connectivity index (χ2n) is 10.1. The van der Waals surface area contributed by atoms with Crippen LogP contribution in [0.3, 0.4) is 0 Å². The summed E-state index contributed by atoms with van der Waals surface area (Å²) in [5.74, 6) is -0.0258. The Bertz CT molecular complexity index is 616. The third kappa shape index (κ3) is 3.68. The maximum Gasteiger partial charge on any atom is 0.324 e. The van der Waals surface area contributed by atoms with Crippen LogP contribution in [0.5, 0.6) is 0 Å². The minimum absolute atomic E-state index is 0.0388. The lowest BCUT2D eigenvalue weighted by atomic mass is 9.73. The van der Waals surface area contributed by atoms with Crippen LogP contribution in [0.1, 0.15) is 84.0 Å². The summed E-state index contributed by atoms with van der Waals surface area (Å²) in [6, 6.07) is 0.498. The molecule has 0 amide bonds. The standard InChI is InChI=1S/C24H39NO4/c1-2-3-10-18(26)11-12-19-20-14-17-9-6-13-24(23(28)29,16-7-4-5-8-16)25(17)21(20)15-22(19)27/h11-12,16-22,26-27H,2-10,13-15H2,1H3,(H,28,29)/b12-11+/t17?,18-,19-,20-,21-,22-,24?/m1/s1. The van der Waals surface area contributed by atoms with Crippen molar-refractivity contribution in [2.75, 3.05) is 0 Å². The van der Waals surface area contributed by atoms with Gasteiger partial charge in [0.15, 0.2) is 0 Å². The van der Waals surface area contributed by atoms with Crippen LogP contribution in [0.4, 0.5) is 0 Å². The van der Waals surface area contributed by atoms with Gasteiger partial charge in [0.2, 0.25) is 0 Å². The molecule has 0 aromatic rings. The molecule has 2 saturated carbocycles. The average molecular weight is 406 g/mol. The van der Waals surface area contributed by atoms with Crippen LogP contribution in [0.15, 0.2) is 12.2 Å². The van der Waals surface area contributed by atoms with E-state index in [1.54, 1.807) is 0 Å². The van der Waals surface area contributed by atoms with Crippen LogP contribution in [-0.4, -0.2) is 56.0 Å². The Morgan fingerprint density at radius 1 is 1.21 bits per heavy atom. The predicted molar refractivity (Wildman–Crippen MR) is 112 cm³/mol.